The van der Waals surface area contributed by atoms with E-state index in [1.54, 1.807) is 31.3 Å². The summed E-state index contributed by atoms with van der Waals surface area (Å²) >= 11 is 5.84. The van der Waals surface area contributed by atoms with Crippen LogP contribution in [-0.4, -0.2) is 30.6 Å². The predicted octanol–water partition coefficient (Wildman–Crippen LogP) is 4.93. The second-order valence-corrected chi connectivity index (χ2v) is 7.18. The second kappa shape index (κ2) is 14.2. The predicted molar refractivity (Wildman–Crippen MR) is 133 cm³/mol. The Bertz CT molecular complexity index is 791. The summed E-state index contributed by atoms with van der Waals surface area (Å²) in [4.78, 5) is 16.2. The third kappa shape index (κ3) is 8.91. The maximum atomic E-state index is 12.0. The Balaban J connectivity index is 0.00000450. The number of rotatable bonds is 10. The quantitative estimate of drug-likeness (QED) is 0.170. The van der Waals surface area contributed by atoms with Gasteiger partial charge in [0.05, 0.1) is 12.2 Å². The second-order valence-electron chi connectivity index (χ2n) is 6.74. The first-order chi connectivity index (χ1) is 14.0. The fourth-order valence-corrected chi connectivity index (χ4v) is 3.04. The summed E-state index contributed by atoms with van der Waals surface area (Å²) in [5.74, 6) is 1.83. The van der Waals surface area contributed by atoms with Crippen LogP contribution < -0.4 is 16.0 Å². The van der Waals surface area contributed by atoms with Crippen LogP contribution in [0.3, 0.4) is 0 Å². The zero-order valence-electron chi connectivity index (χ0n) is 17.7. The summed E-state index contributed by atoms with van der Waals surface area (Å²) in [6, 6.07) is 9.05. The van der Waals surface area contributed by atoms with Crippen molar-refractivity contribution in [2.75, 3.05) is 18.9 Å². The molecular weight excluding hydrogens is 517 g/mol. The number of anilines is 1. The molecule has 0 bridgehead atoms. The number of amides is 1. The highest BCUT2D eigenvalue weighted by Gasteiger charge is 2.13. The van der Waals surface area contributed by atoms with E-state index in [2.05, 4.69) is 39.9 Å². The van der Waals surface area contributed by atoms with E-state index < -0.39 is 0 Å². The van der Waals surface area contributed by atoms with Crippen molar-refractivity contribution in [1.29, 1.82) is 0 Å². The van der Waals surface area contributed by atoms with Crippen LogP contribution in [0.5, 0.6) is 0 Å². The lowest BCUT2D eigenvalue weighted by molar-refractivity contribution is -0.116. The fourth-order valence-electron chi connectivity index (χ4n) is 2.92. The molecule has 0 fully saturated rings. The number of aromatic nitrogens is 1. The van der Waals surface area contributed by atoms with E-state index >= 15 is 0 Å². The van der Waals surface area contributed by atoms with Crippen molar-refractivity contribution in [3.05, 3.63) is 46.8 Å². The summed E-state index contributed by atoms with van der Waals surface area (Å²) in [5, 5.41) is 14.1. The van der Waals surface area contributed by atoms with Crippen LogP contribution in [-0.2, 0) is 11.3 Å². The van der Waals surface area contributed by atoms with Gasteiger partial charge in [-0.05, 0) is 43.5 Å². The highest BCUT2D eigenvalue weighted by Crippen LogP contribution is 2.22. The molecule has 0 atom stereocenters. The average Bonchev–Trinajstić information content (AvgIpc) is 3.19. The molecule has 9 heteroatoms. The smallest absolute Gasteiger partial charge is 0.224 e. The summed E-state index contributed by atoms with van der Waals surface area (Å²) in [5.41, 5.74) is 1.74. The maximum Gasteiger partial charge on any atom is 0.224 e. The van der Waals surface area contributed by atoms with E-state index in [9.17, 15) is 4.79 Å². The van der Waals surface area contributed by atoms with E-state index in [4.69, 9.17) is 16.1 Å². The van der Waals surface area contributed by atoms with Crippen LogP contribution >= 0.6 is 35.6 Å². The minimum Gasteiger partial charge on any atom is -0.359 e. The molecule has 0 saturated heterocycles. The number of nitrogens with zero attached hydrogens (tertiary/aromatic N) is 2. The van der Waals surface area contributed by atoms with Crippen LogP contribution in [0.25, 0.3) is 0 Å². The molecule has 1 amide bonds. The molecular formula is C21H31ClIN5O2. The molecule has 0 spiro atoms. The van der Waals surface area contributed by atoms with Gasteiger partial charge in [0.25, 0.3) is 0 Å². The fraction of sp³-hybridized carbons (Fsp3) is 0.476. The molecule has 166 valence electrons. The Labute approximate surface area is 200 Å². The molecule has 1 aromatic carbocycles. The van der Waals surface area contributed by atoms with Gasteiger partial charge in [-0.15, -0.1) is 24.0 Å². The molecule has 0 radical (unpaired) electrons. The highest BCUT2D eigenvalue weighted by atomic mass is 127. The van der Waals surface area contributed by atoms with Crippen LogP contribution in [0, 0.1) is 0 Å². The number of aliphatic imine (C=N–C) groups is 1. The molecule has 1 aromatic heterocycles. The third-order valence-electron chi connectivity index (χ3n) is 4.64. The van der Waals surface area contributed by atoms with E-state index in [1.165, 1.54) is 0 Å². The molecule has 3 N–H and O–H groups in total. The van der Waals surface area contributed by atoms with Crippen LogP contribution in [0.4, 0.5) is 5.69 Å². The number of guanidine groups is 1. The van der Waals surface area contributed by atoms with Crippen LogP contribution in [0.15, 0.2) is 39.8 Å². The maximum absolute atomic E-state index is 12.0. The third-order valence-corrected chi connectivity index (χ3v) is 4.89. The van der Waals surface area contributed by atoms with Crippen molar-refractivity contribution in [3.8, 4) is 0 Å². The first-order valence-electron chi connectivity index (χ1n) is 10.0. The Morgan fingerprint density at radius 2 is 1.90 bits per heavy atom. The van der Waals surface area contributed by atoms with Gasteiger partial charge in [0.1, 0.15) is 0 Å². The molecule has 0 unspecified atom stereocenters. The Morgan fingerprint density at radius 3 is 2.53 bits per heavy atom. The number of benzene rings is 1. The van der Waals surface area contributed by atoms with Crippen LogP contribution in [0.1, 0.15) is 56.9 Å². The minimum atomic E-state index is -0.0346. The first kappa shape index (κ1) is 26.2. The lowest BCUT2D eigenvalue weighted by Gasteiger charge is -2.11. The van der Waals surface area contributed by atoms with Gasteiger partial charge in [0.15, 0.2) is 11.7 Å². The van der Waals surface area contributed by atoms with E-state index in [1.807, 2.05) is 6.07 Å². The molecule has 0 aliphatic rings. The zero-order valence-corrected chi connectivity index (χ0v) is 20.8. The number of halogens is 2. The molecule has 2 aromatic rings. The molecule has 0 saturated carbocycles. The average molecular weight is 548 g/mol. The topological polar surface area (TPSA) is 91.5 Å². The zero-order chi connectivity index (χ0) is 21.1. The monoisotopic (exact) mass is 547 g/mol. The largest absolute Gasteiger partial charge is 0.359 e. The van der Waals surface area contributed by atoms with E-state index in [0.29, 0.717) is 42.8 Å². The molecule has 30 heavy (non-hydrogen) atoms. The van der Waals surface area contributed by atoms with Gasteiger partial charge in [-0.3, -0.25) is 9.79 Å². The highest BCUT2D eigenvalue weighted by molar-refractivity contribution is 14.0. The summed E-state index contributed by atoms with van der Waals surface area (Å²) < 4.78 is 5.41. The number of carbonyl (C=O) groups excluding carboxylic acids is 1. The molecule has 2 rings (SSSR count). The number of carbonyl (C=O) groups is 1. The van der Waals surface area contributed by atoms with Gasteiger partial charge in [0, 0.05) is 42.7 Å². The van der Waals surface area contributed by atoms with Gasteiger partial charge >= 0.3 is 0 Å². The van der Waals surface area contributed by atoms with E-state index in [0.717, 1.165) is 30.0 Å². The SMILES string of the molecule is CCC(CC)c1cc(CNC(=NC)NCCCC(=O)Nc2ccc(Cl)cc2)on1.I. The van der Waals surface area contributed by atoms with E-state index in [-0.39, 0.29) is 29.9 Å². The normalized spacial score (nSPS) is 11.2. The molecule has 1 heterocycles. The van der Waals surface area contributed by atoms with Crippen LogP contribution in [0.2, 0.25) is 5.02 Å². The number of hydrogen-bond donors (Lipinski definition) is 3. The van der Waals surface area contributed by atoms with Crippen molar-refractivity contribution in [3.63, 3.8) is 0 Å². The van der Waals surface area contributed by atoms with Gasteiger partial charge in [0.2, 0.25) is 5.91 Å². The van der Waals surface area contributed by atoms with Crippen molar-refractivity contribution in [2.45, 2.75) is 52.0 Å². The first-order valence-corrected chi connectivity index (χ1v) is 10.4. The number of nitrogens with one attached hydrogen (secondary N) is 3. The summed E-state index contributed by atoms with van der Waals surface area (Å²) in [6.45, 7) is 5.44. The number of hydrogen-bond acceptors (Lipinski definition) is 4. The standard InChI is InChI=1S/C21H30ClN5O2.HI/c1-4-15(5-2)19-13-18(29-27-19)14-25-21(23-3)24-12-6-7-20(28)26-17-10-8-16(22)9-11-17;/h8-11,13,15H,4-7,12,14H2,1-3H3,(H,26,28)(H2,23,24,25);1H. The van der Waals surface area contributed by atoms with Crippen molar-refractivity contribution in [1.82, 2.24) is 15.8 Å². The summed E-state index contributed by atoms with van der Waals surface area (Å²) in [7, 11) is 1.71. The Kier molecular flexibility index (Phi) is 12.4. The Morgan fingerprint density at radius 1 is 1.20 bits per heavy atom. The summed E-state index contributed by atoms with van der Waals surface area (Å²) in [6.07, 6.45) is 3.18. The van der Waals surface area contributed by atoms with Crippen molar-refractivity contribution in [2.24, 2.45) is 4.99 Å². The minimum absolute atomic E-state index is 0. The van der Waals surface area contributed by atoms with Gasteiger partial charge < -0.3 is 20.5 Å². The molecule has 0 aliphatic carbocycles. The van der Waals surface area contributed by atoms with Crippen molar-refractivity contribution >= 4 is 53.1 Å². The van der Waals surface area contributed by atoms with Gasteiger partial charge in [-0.25, -0.2) is 0 Å². The molecule has 0 aliphatic heterocycles. The molecule has 7 nitrogen and oxygen atoms in total. The lowest BCUT2D eigenvalue weighted by Crippen LogP contribution is -2.37. The Hall–Kier alpha value is -1.81. The lowest BCUT2D eigenvalue weighted by atomic mass is 9.99. The van der Waals surface area contributed by atoms with Gasteiger partial charge in [-0.1, -0.05) is 30.6 Å². The van der Waals surface area contributed by atoms with Gasteiger partial charge in [-0.2, -0.15) is 0 Å². The van der Waals surface area contributed by atoms with Crippen molar-refractivity contribution < 1.29 is 9.32 Å².